The van der Waals surface area contributed by atoms with Crippen LogP contribution in [0.25, 0.3) is 0 Å². The highest BCUT2D eigenvalue weighted by Crippen LogP contribution is 2.18. The summed E-state index contributed by atoms with van der Waals surface area (Å²) in [5.41, 5.74) is 1.23. The molecule has 0 amide bonds. The van der Waals surface area contributed by atoms with Crippen LogP contribution in [0, 0.1) is 5.92 Å². The lowest BCUT2D eigenvalue weighted by Gasteiger charge is -2.33. The molecule has 2 rings (SSSR count). The number of nitrogens with one attached hydrogen (secondary N) is 1. The highest BCUT2D eigenvalue weighted by Gasteiger charge is 2.27. The van der Waals surface area contributed by atoms with E-state index in [1.165, 1.54) is 5.56 Å². The Balaban J connectivity index is 0.00000264. The number of rotatable bonds is 4. The Bertz CT molecular complexity index is 500. The number of aliphatic imine (C=N–C) groups is 1. The molecule has 0 atom stereocenters. The van der Waals surface area contributed by atoms with Crippen molar-refractivity contribution in [2.75, 3.05) is 26.7 Å². The lowest BCUT2D eigenvalue weighted by Crippen LogP contribution is -2.46. The Labute approximate surface area is 155 Å². The van der Waals surface area contributed by atoms with Crippen LogP contribution < -0.4 is 5.32 Å². The van der Waals surface area contributed by atoms with Gasteiger partial charge in [-0.25, -0.2) is 0 Å². The van der Waals surface area contributed by atoms with Gasteiger partial charge in [-0.05, 0) is 25.3 Å². The zero-order valence-corrected chi connectivity index (χ0v) is 16.2. The van der Waals surface area contributed by atoms with Crippen LogP contribution in [-0.2, 0) is 16.1 Å². The maximum absolute atomic E-state index is 11.8. The van der Waals surface area contributed by atoms with Crippen molar-refractivity contribution < 1.29 is 9.53 Å². The van der Waals surface area contributed by atoms with Crippen LogP contribution in [0.2, 0.25) is 0 Å². The van der Waals surface area contributed by atoms with Gasteiger partial charge in [-0.3, -0.25) is 9.79 Å². The predicted molar refractivity (Wildman–Crippen MR) is 103 cm³/mol. The number of carbonyl (C=O) groups excluding carboxylic acids is 1. The standard InChI is InChI=1S/C17H25N3O2.HI/c1-3-22-16(21)15-9-11-20(12-10-15)17(18-2)19-13-14-7-5-4-6-8-14;/h4-8,15H,3,9-13H2,1-2H3,(H,18,19);1H. The molecular formula is C17H26IN3O2. The maximum Gasteiger partial charge on any atom is 0.309 e. The van der Waals surface area contributed by atoms with Gasteiger partial charge in [0.1, 0.15) is 0 Å². The second-order valence-electron chi connectivity index (χ2n) is 5.40. The molecular weight excluding hydrogens is 405 g/mol. The zero-order chi connectivity index (χ0) is 15.8. The topological polar surface area (TPSA) is 53.9 Å². The second kappa shape index (κ2) is 10.5. The molecule has 1 N–H and O–H groups in total. The number of halogens is 1. The van der Waals surface area contributed by atoms with E-state index < -0.39 is 0 Å². The third kappa shape index (κ3) is 6.01. The van der Waals surface area contributed by atoms with E-state index in [4.69, 9.17) is 4.74 Å². The largest absolute Gasteiger partial charge is 0.466 e. The van der Waals surface area contributed by atoms with Gasteiger partial charge in [-0.15, -0.1) is 24.0 Å². The summed E-state index contributed by atoms with van der Waals surface area (Å²) in [5.74, 6) is 0.865. The molecule has 1 aromatic rings. The fraction of sp³-hybridized carbons (Fsp3) is 0.529. The number of esters is 1. The summed E-state index contributed by atoms with van der Waals surface area (Å²) in [6.07, 6.45) is 1.65. The fourth-order valence-corrected chi connectivity index (χ4v) is 2.70. The molecule has 1 heterocycles. The molecule has 1 aromatic carbocycles. The molecule has 0 saturated carbocycles. The van der Waals surface area contributed by atoms with Gasteiger partial charge in [0.2, 0.25) is 0 Å². The first-order chi connectivity index (χ1) is 10.7. The molecule has 1 aliphatic rings. The number of guanidine groups is 1. The van der Waals surface area contributed by atoms with E-state index in [1.54, 1.807) is 7.05 Å². The molecule has 0 aliphatic carbocycles. The van der Waals surface area contributed by atoms with Crippen molar-refractivity contribution in [1.29, 1.82) is 0 Å². The van der Waals surface area contributed by atoms with Crippen molar-refractivity contribution in [2.24, 2.45) is 10.9 Å². The number of piperidine rings is 1. The SMILES string of the molecule is CCOC(=O)C1CCN(C(=NC)NCc2ccccc2)CC1.I. The van der Waals surface area contributed by atoms with Gasteiger partial charge in [0, 0.05) is 26.7 Å². The van der Waals surface area contributed by atoms with Gasteiger partial charge in [0.05, 0.1) is 12.5 Å². The Morgan fingerprint density at radius 3 is 2.52 bits per heavy atom. The molecule has 0 unspecified atom stereocenters. The van der Waals surface area contributed by atoms with E-state index in [1.807, 2.05) is 25.1 Å². The fourth-order valence-electron chi connectivity index (χ4n) is 2.70. The van der Waals surface area contributed by atoms with E-state index >= 15 is 0 Å². The van der Waals surface area contributed by atoms with E-state index in [9.17, 15) is 4.79 Å². The van der Waals surface area contributed by atoms with Gasteiger partial charge in [0.25, 0.3) is 0 Å². The number of nitrogens with zero attached hydrogens (tertiary/aromatic N) is 2. The summed E-state index contributed by atoms with van der Waals surface area (Å²) in [5, 5.41) is 3.38. The summed E-state index contributed by atoms with van der Waals surface area (Å²) in [6.45, 7) is 4.73. The normalized spacial score (nSPS) is 15.7. The average Bonchev–Trinajstić information content (AvgIpc) is 2.57. The molecule has 0 radical (unpaired) electrons. The van der Waals surface area contributed by atoms with E-state index in [-0.39, 0.29) is 35.9 Å². The first-order valence-corrected chi connectivity index (χ1v) is 7.90. The van der Waals surface area contributed by atoms with Crippen molar-refractivity contribution >= 4 is 35.9 Å². The number of hydrogen-bond donors (Lipinski definition) is 1. The smallest absolute Gasteiger partial charge is 0.309 e. The van der Waals surface area contributed by atoms with Gasteiger partial charge in [0.15, 0.2) is 5.96 Å². The number of hydrogen-bond acceptors (Lipinski definition) is 3. The van der Waals surface area contributed by atoms with Gasteiger partial charge in [-0.2, -0.15) is 0 Å². The highest BCUT2D eigenvalue weighted by atomic mass is 127. The molecule has 128 valence electrons. The summed E-state index contributed by atoms with van der Waals surface area (Å²) in [7, 11) is 1.80. The Morgan fingerprint density at radius 1 is 1.30 bits per heavy atom. The third-order valence-corrected chi connectivity index (χ3v) is 3.92. The Kier molecular flexibility index (Phi) is 8.98. The Hall–Kier alpha value is -1.31. The van der Waals surface area contributed by atoms with Gasteiger partial charge < -0.3 is 15.0 Å². The molecule has 0 spiro atoms. The number of benzene rings is 1. The zero-order valence-electron chi connectivity index (χ0n) is 13.8. The van der Waals surface area contributed by atoms with E-state index in [0.717, 1.165) is 38.4 Å². The summed E-state index contributed by atoms with van der Waals surface area (Å²) in [6, 6.07) is 10.3. The minimum absolute atomic E-state index is 0. The summed E-state index contributed by atoms with van der Waals surface area (Å²) in [4.78, 5) is 18.3. The highest BCUT2D eigenvalue weighted by molar-refractivity contribution is 14.0. The van der Waals surface area contributed by atoms with Crippen molar-refractivity contribution in [2.45, 2.75) is 26.3 Å². The van der Waals surface area contributed by atoms with E-state index in [2.05, 4.69) is 27.3 Å². The number of likely N-dealkylation sites (tertiary alicyclic amines) is 1. The molecule has 6 heteroatoms. The first kappa shape index (κ1) is 19.7. The lowest BCUT2D eigenvalue weighted by molar-refractivity contribution is -0.149. The van der Waals surface area contributed by atoms with Crippen LogP contribution in [0.15, 0.2) is 35.3 Å². The monoisotopic (exact) mass is 431 g/mol. The van der Waals surface area contributed by atoms with Crippen LogP contribution in [0.4, 0.5) is 0 Å². The van der Waals surface area contributed by atoms with E-state index in [0.29, 0.717) is 6.61 Å². The first-order valence-electron chi connectivity index (χ1n) is 7.90. The predicted octanol–water partition coefficient (Wildman–Crippen LogP) is 2.66. The van der Waals surface area contributed by atoms with Crippen molar-refractivity contribution in [3.8, 4) is 0 Å². The second-order valence-corrected chi connectivity index (χ2v) is 5.40. The lowest BCUT2D eigenvalue weighted by atomic mass is 9.97. The van der Waals surface area contributed by atoms with Crippen LogP contribution in [0.1, 0.15) is 25.3 Å². The molecule has 0 aromatic heterocycles. The van der Waals surface area contributed by atoms with Crippen molar-refractivity contribution in [3.05, 3.63) is 35.9 Å². The molecule has 0 bridgehead atoms. The van der Waals surface area contributed by atoms with Gasteiger partial charge >= 0.3 is 5.97 Å². The molecule has 23 heavy (non-hydrogen) atoms. The van der Waals surface area contributed by atoms with Crippen molar-refractivity contribution in [1.82, 2.24) is 10.2 Å². The van der Waals surface area contributed by atoms with Crippen LogP contribution in [0.5, 0.6) is 0 Å². The quantitative estimate of drug-likeness (QED) is 0.345. The average molecular weight is 431 g/mol. The molecule has 1 aliphatic heterocycles. The third-order valence-electron chi connectivity index (χ3n) is 3.92. The maximum atomic E-state index is 11.8. The van der Waals surface area contributed by atoms with Gasteiger partial charge in [-0.1, -0.05) is 30.3 Å². The molecule has 1 saturated heterocycles. The van der Waals surface area contributed by atoms with Crippen molar-refractivity contribution in [3.63, 3.8) is 0 Å². The summed E-state index contributed by atoms with van der Waals surface area (Å²) < 4.78 is 5.11. The number of ether oxygens (including phenoxy) is 1. The molecule has 1 fully saturated rings. The van der Waals surface area contributed by atoms with Crippen LogP contribution in [-0.4, -0.2) is 43.6 Å². The minimum Gasteiger partial charge on any atom is -0.466 e. The Morgan fingerprint density at radius 2 is 1.96 bits per heavy atom. The summed E-state index contributed by atoms with van der Waals surface area (Å²) >= 11 is 0. The molecule has 5 nitrogen and oxygen atoms in total. The minimum atomic E-state index is -0.0608. The van der Waals surface area contributed by atoms with Crippen LogP contribution >= 0.6 is 24.0 Å². The van der Waals surface area contributed by atoms with Crippen LogP contribution in [0.3, 0.4) is 0 Å². The number of carbonyl (C=O) groups is 1.